The van der Waals surface area contributed by atoms with Crippen LogP contribution in [0.2, 0.25) is 0 Å². The molecular weight excluding hydrogens is 176 g/mol. The Balaban J connectivity index is 2.43. The highest BCUT2D eigenvalue weighted by Gasteiger charge is 2.26. The van der Waals surface area contributed by atoms with E-state index in [9.17, 15) is 4.79 Å². The number of amides is 1. The van der Waals surface area contributed by atoms with Gasteiger partial charge < -0.3 is 10.6 Å². The first-order chi connectivity index (χ1) is 6.40. The maximum atomic E-state index is 11.8. The van der Waals surface area contributed by atoms with Crippen molar-refractivity contribution < 1.29 is 4.79 Å². The standard InChI is InChI=1S/C11H22N2O/c1-11(2,3)8-9(12)10(14)13-6-4-5-7-13/h9H,4-8,12H2,1-3H3/t9-/m0/s1. The maximum absolute atomic E-state index is 11.8. The van der Waals surface area contributed by atoms with Crippen LogP contribution < -0.4 is 5.73 Å². The molecule has 0 unspecified atom stereocenters. The van der Waals surface area contributed by atoms with Crippen LogP contribution in [0, 0.1) is 5.41 Å². The Labute approximate surface area is 86.6 Å². The fraction of sp³-hybridized carbons (Fsp3) is 0.909. The highest BCUT2D eigenvalue weighted by molar-refractivity contribution is 5.81. The van der Waals surface area contributed by atoms with Gasteiger partial charge in [0.1, 0.15) is 0 Å². The predicted molar refractivity (Wildman–Crippen MR) is 57.9 cm³/mol. The lowest BCUT2D eigenvalue weighted by molar-refractivity contribution is -0.132. The number of rotatable bonds is 2. The number of hydrogen-bond acceptors (Lipinski definition) is 2. The Kier molecular flexibility index (Phi) is 3.53. The molecule has 0 saturated carbocycles. The van der Waals surface area contributed by atoms with Gasteiger partial charge in [0.15, 0.2) is 0 Å². The molecule has 0 aliphatic carbocycles. The fourth-order valence-corrected chi connectivity index (χ4v) is 1.92. The minimum atomic E-state index is -0.312. The molecule has 1 heterocycles. The zero-order chi connectivity index (χ0) is 10.8. The lowest BCUT2D eigenvalue weighted by Gasteiger charge is -2.26. The molecule has 0 bridgehead atoms. The van der Waals surface area contributed by atoms with Crippen LogP contribution in [-0.4, -0.2) is 29.9 Å². The van der Waals surface area contributed by atoms with Crippen LogP contribution >= 0.6 is 0 Å². The first-order valence-corrected chi connectivity index (χ1v) is 5.44. The van der Waals surface area contributed by atoms with E-state index in [-0.39, 0.29) is 17.4 Å². The second kappa shape index (κ2) is 4.30. The summed E-state index contributed by atoms with van der Waals surface area (Å²) in [6.45, 7) is 8.14. The summed E-state index contributed by atoms with van der Waals surface area (Å²) in [6.07, 6.45) is 3.03. The molecule has 3 nitrogen and oxygen atoms in total. The molecule has 0 aromatic rings. The van der Waals surface area contributed by atoms with Gasteiger partial charge >= 0.3 is 0 Å². The SMILES string of the molecule is CC(C)(C)C[C@H](N)C(=O)N1CCCC1. The Bertz CT molecular complexity index is 202. The minimum Gasteiger partial charge on any atom is -0.341 e. The third kappa shape index (κ3) is 3.29. The summed E-state index contributed by atoms with van der Waals surface area (Å²) in [5, 5.41) is 0. The molecular formula is C11H22N2O. The molecule has 1 rings (SSSR count). The molecule has 0 aromatic heterocycles. The molecule has 0 spiro atoms. The number of nitrogens with two attached hydrogens (primary N) is 1. The van der Waals surface area contributed by atoms with Crippen molar-refractivity contribution in [3.63, 3.8) is 0 Å². The average molecular weight is 198 g/mol. The van der Waals surface area contributed by atoms with Crippen molar-refractivity contribution in [1.82, 2.24) is 4.90 Å². The van der Waals surface area contributed by atoms with Gasteiger partial charge in [-0.25, -0.2) is 0 Å². The summed E-state index contributed by atoms with van der Waals surface area (Å²) in [5.41, 5.74) is 6.03. The number of hydrogen-bond donors (Lipinski definition) is 1. The van der Waals surface area contributed by atoms with Gasteiger partial charge in [-0.1, -0.05) is 20.8 Å². The van der Waals surface area contributed by atoms with Gasteiger partial charge in [0.2, 0.25) is 5.91 Å². The van der Waals surface area contributed by atoms with Gasteiger partial charge in [-0.15, -0.1) is 0 Å². The first kappa shape index (κ1) is 11.5. The zero-order valence-corrected chi connectivity index (χ0v) is 9.55. The Hall–Kier alpha value is -0.570. The van der Waals surface area contributed by atoms with E-state index in [1.807, 2.05) is 4.90 Å². The molecule has 1 aliphatic rings. The predicted octanol–water partition coefficient (Wildman–Crippen LogP) is 1.37. The van der Waals surface area contributed by atoms with Gasteiger partial charge in [0.05, 0.1) is 6.04 Å². The summed E-state index contributed by atoms with van der Waals surface area (Å²) >= 11 is 0. The van der Waals surface area contributed by atoms with Gasteiger partial charge in [-0.2, -0.15) is 0 Å². The van der Waals surface area contributed by atoms with E-state index in [0.717, 1.165) is 32.4 Å². The Morgan fingerprint density at radius 1 is 1.36 bits per heavy atom. The highest BCUT2D eigenvalue weighted by Crippen LogP contribution is 2.21. The van der Waals surface area contributed by atoms with Crippen LogP contribution in [0.4, 0.5) is 0 Å². The Morgan fingerprint density at radius 2 is 1.86 bits per heavy atom. The van der Waals surface area contributed by atoms with Crippen LogP contribution in [0.1, 0.15) is 40.0 Å². The van der Waals surface area contributed by atoms with Crippen LogP contribution in [0.25, 0.3) is 0 Å². The highest BCUT2D eigenvalue weighted by atomic mass is 16.2. The Morgan fingerprint density at radius 3 is 2.29 bits per heavy atom. The molecule has 0 aromatic carbocycles. The normalized spacial score (nSPS) is 19.9. The van der Waals surface area contributed by atoms with E-state index in [0.29, 0.717) is 0 Å². The van der Waals surface area contributed by atoms with Crippen molar-refractivity contribution in [2.75, 3.05) is 13.1 Å². The maximum Gasteiger partial charge on any atom is 0.239 e. The van der Waals surface area contributed by atoms with Gasteiger partial charge in [-0.05, 0) is 24.7 Å². The van der Waals surface area contributed by atoms with Gasteiger partial charge in [-0.3, -0.25) is 4.79 Å². The summed E-state index contributed by atoms with van der Waals surface area (Å²) in [6, 6.07) is -0.312. The second-order valence-electron chi connectivity index (χ2n) is 5.40. The van der Waals surface area contributed by atoms with Crippen molar-refractivity contribution in [2.24, 2.45) is 11.1 Å². The second-order valence-corrected chi connectivity index (χ2v) is 5.40. The molecule has 3 heteroatoms. The lowest BCUT2D eigenvalue weighted by Crippen LogP contribution is -2.44. The summed E-state index contributed by atoms with van der Waals surface area (Å²) in [4.78, 5) is 13.7. The number of likely N-dealkylation sites (tertiary alicyclic amines) is 1. The molecule has 1 amide bonds. The van der Waals surface area contributed by atoms with Crippen LogP contribution in [0.5, 0.6) is 0 Å². The van der Waals surface area contributed by atoms with Crippen LogP contribution in [0.15, 0.2) is 0 Å². The zero-order valence-electron chi connectivity index (χ0n) is 9.55. The summed E-state index contributed by atoms with van der Waals surface area (Å²) in [7, 11) is 0. The monoisotopic (exact) mass is 198 g/mol. The lowest BCUT2D eigenvalue weighted by atomic mass is 9.88. The molecule has 82 valence electrons. The molecule has 14 heavy (non-hydrogen) atoms. The molecule has 0 radical (unpaired) electrons. The third-order valence-electron chi connectivity index (χ3n) is 2.57. The van der Waals surface area contributed by atoms with Crippen molar-refractivity contribution in [3.05, 3.63) is 0 Å². The summed E-state index contributed by atoms with van der Waals surface area (Å²) < 4.78 is 0. The minimum absolute atomic E-state index is 0.134. The van der Waals surface area contributed by atoms with E-state index in [2.05, 4.69) is 20.8 Å². The third-order valence-corrected chi connectivity index (χ3v) is 2.57. The quantitative estimate of drug-likeness (QED) is 0.728. The van der Waals surface area contributed by atoms with Crippen molar-refractivity contribution >= 4 is 5.91 Å². The summed E-state index contributed by atoms with van der Waals surface area (Å²) in [5.74, 6) is 0.137. The van der Waals surface area contributed by atoms with Crippen molar-refractivity contribution in [2.45, 2.75) is 46.1 Å². The molecule has 1 saturated heterocycles. The van der Waals surface area contributed by atoms with E-state index >= 15 is 0 Å². The largest absolute Gasteiger partial charge is 0.341 e. The number of nitrogens with zero attached hydrogens (tertiary/aromatic N) is 1. The number of carbonyl (C=O) groups excluding carboxylic acids is 1. The van der Waals surface area contributed by atoms with Crippen molar-refractivity contribution in [1.29, 1.82) is 0 Å². The van der Waals surface area contributed by atoms with E-state index < -0.39 is 0 Å². The fourth-order valence-electron chi connectivity index (χ4n) is 1.92. The van der Waals surface area contributed by atoms with E-state index in [4.69, 9.17) is 5.73 Å². The van der Waals surface area contributed by atoms with Crippen LogP contribution in [-0.2, 0) is 4.79 Å². The molecule has 1 aliphatic heterocycles. The van der Waals surface area contributed by atoms with E-state index in [1.54, 1.807) is 0 Å². The first-order valence-electron chi connectivity index (χ1n) is 5.44. The molecule has 1 atom stereocenters. The van der Waals surface area contributed by atoms with E-state index in [1.165, 1.54) is 0 Å². The smallest absolute Gasteiger partial charge is 0.239 e. The molecule has 2 N–H and O–H groups in total. The van der Waals surface area contributed by atoms with Crippen LogP contribution in [0.3, 0.4) is 0 Å². The van der Waals surface area contributed by atoms with Gasteiger partial charge in [0.25, 0.3) is 0 Å². The average Bonchev–Trinajstić information content (AvgIpc) is 2.51. The topological polar surface area (TPSA) is 46.3 Å². The molecule has 1 fully saturated rings. The number of carbonyl (C=O) groups is 1. The van der Waals surface area contributed by atoms with Crippen molar-refractivity contribution in [3.8, 4) is 0 Å². The van der Waals surface area contributed by atoms with Gasteiger partial charge in [0, 0.05) is 13.1 Å².